The third-order valence-electron chi connectivity index (χ3n) is 5.05. The molecule has 2 fully saturated rings. The highest BCUT2D eigenvalue weighted by molar-refractivity contribution is 8.26. The fraction of sp³-hybridized carbons (Fsp3) is 0.286. The van der Waals surface area contributed by atoms with E-state index >= 15 is 0 Å². The molecule has 2 aliphatic rings. The van der Waals surface area contributed by atoms with Crippen molar-refractivity contribution in [3.05, 3.63) is 58.0 Å². The standard InChI is InChI=1S/C21H19Cl2NO3S2/c1-4-9-24-18(25)15(29-20(24)28)10-12-5-7-13(8-6-12)27-19(26)17-14(11-16(22)23)21(17,2)3/h4-8,10-11,14,17H,1,9H2,2-3H3. The maximum absolute atomic E-state index is 12.5. The van der Waals surface area contributed by atoms with E-state index < -0.39 is 0 Å². The Bertz CT molecular complexity index is 934. The first-order valence-corrected chi connectivity index (χ1v) is 10.8. The van der Waals surface area contributed by atoms with Crippen LogP contribution in [0, 0.1) is 17.3 Å². The summed E-state index contributed by atoms with van der Waals surface area (Å²) in [5.41, 5.74) is 0.567. The van der Waals surface area contributed by atoms with Crippen LogP contribution in [0.2, 0.25) is 0 Å². The molecular weight excluding hydrogens is 449 g/mol. The van der Waals surface area contributed by atoms with Crippen molar-refractivity contribution < 1.29 is 14.3 Å². The molecule has 29 heavy (non-hydrogen) atoms. The molecule has 4 nitrogen and oxygen atoms in total. The van der Waals surface area contributed by atoms with Gasteiger partial charge >= 0.3 is 5.97 Å². The van der Waals surface area contributed by atoms with E-state index in [4.69, 9.17) is 40.2 Å². The Hall–Kier alpha value is -1.60. The maximum atomic E-state index is 12.5. The van der Waals surface area contributed by atoms with Crippen LogP contribution in [0.4, 0.5) is 0 Å². The van der Waals surface area contributed by atoms with E-state index in [0.717, 1.165) is 5.56 Å². The minimum atomic E-state index is -0.316. The average molecular weight is 468 g/mol. The number of hydrogen-bond donors (Lipinski definition) is 0. The summed E-state index contributed by atoms with van der Waals surface area (Å²) in [6.45, 7) is 7.98. The topological polar surface area (TPSA) is 46.6 Å². The van der Waals surface area contributed by atoms with Crippen LogP contribution in [-0.2, 0) is 9.59 Å². The molecule has 2 unspecified atom stereocenters. The summed E-state index contributed by atoms with van der Waals surface area (Å²) in [5, 5.41) is 0. The summed E-state index contributed by atoms with van der Waals surface area (Å²) in [4.78, 5) is 26.9. The Morgan fingerprint density at radius 3 is 2.59 bits per heavy atom. The number of esters is 1. The second kappa shape index (κ2) is 8.64. The lowest BCUT2D eigenvalue weighted by atomic mass is 10.1. The molecule has 0 aromatic heterocycles. The van der Waals surface area contributed by atoms with E-state index in [-0.39, 0.29) is 33.6 Å². The summed E-state index contributed by atoms with van der Waals surface area (Å²) < 4.78 is 6.18. The summed E-state index contributed by atoms with van der Waals surface area (Å²) in [7, 11) is 0. The molecule has 1 saturated heterocycles. The minimum Gasteiger partial charge on any atom is -0.426 e. The molecule has 1 saturated carbocycles. The lowest BCUT2D eigenvalue weighted by Crippen LogP contribution is -2.27. The van der Waals surface area contributed by atoms with Gasteiger partial charge in [0.1, 0.15) is 14.6 Å². The van der Waals surface area contributed by atoms with E-state index in [9.17, 15) is 9.59 Å². The van der Waals surface area contributed by atoms with E-state index in [2.05, 4.69) is 6.58 Å². The number of thiocarbonyl (C=S) groups is 1. The van der Waals surface area contributed by atoms with Gasteiger partial charge in [0.2, 0.25) is 0 Å². The predicted molar refractivity (Wildman–Crippen MR) is 123 cm³/mol. The molecule has 2 atom stereocenters. The van der Waals surface area contributed by atoms with Crippen LogP contribution in [0.25, 0.3) is 6.08 Å². The zero-order chi connectivity index (χ0) is 21.3. The van der Waals surface area contributed by atoms with Crippen LogP contribution in [-0.4, -0.2) is 27.6 Å². The predicted octanol–water partition coefficient (Wildman–Crippen LogP) is 5.57. The number of carbonyl (C=O) groups excluding carboxylic acids is 2. The molecule has 0 bridgehead atoms. The number of rotatable bonds is 6. The van der Waals surface area contributed by atoms with Crippen molar-refractivity contribution in [3.8, 4) is 5.75 Å². The smallest absolute Gasteiger partial charge is 0.315 e. The molecule has 0 spiro atoms. The Morgan fingerprint density at radius 2 is 2.00 bits per heavy atom. The van der Waals surface area contributed by atoms with E-state index in [1.807, 2.05) is 13.8 Å². The normalized spacial score (nSPS) is 23.9. The molecular formula is C21H19Cl2NO3S2. The molecule has 0 N–H and O–H groups in total. The third-order valence-corrected chi connectivity index (χ3v) is 6.68. The molecule has 1 heterocycles. The fourth-order valence-electron chi connectivity index (χ4n) is 3.32. The van der Waals surface area contributed by atoms with Gasteiger partial charge in [-0.25, -0.2) is 0 Å². The zero-order valence-electron chi connectivity index (χ0n) is 15.9. The Morgan fingerprint density at radius 1 is 1.34 bits per heavy atom. The first-order valence-electron chi connectivity index (χ1n) is 8.86. The Labute approximate surface area is 189 Å². The monoisotopic (exact) mass is 467 g/mol. The fourth-order valence-corrected chi connectivity index (χ4v) is 4.87. The largest absolute Gasteiger partial charge is 0.426 e. The zero-order valence-corrected chi connectivity index (χ0v) is 19.0. The van der Waals surface area contributed by atoms with Crippen molar-refractivity contribution in [1.29, 1.82) is 0 Å². The van der Waals surface area contributed by atoms with Gasteiger partial charge in [0, 0.05) is 6.54 Å². The van der Waals surface area contributed by atoms with Gasteiger partial charge in [0.15, 0.2) is 0 Å². The van der Waals surface area contributed by atoms with Crippen LogP contribution in [0.15, 0.2) is 52.4 Å². The van der Waals surface area contributed by atoms with Crippen LogP contribution >= 0.6 is 47.2 Å². The maximum Gasteiger partial charge on any atom is 0.315 e. The van der Waals surface area contributed by atoms with Gasteiger partial charge < -0.3 is 4.74 Å². The number of nitrogens with zero attached hydrogens (tertiary/aromatic N) is 1. The lowest BCUT2D eigenvalue weighted by molar-refractivity contribution is -0.136. The van der Waals surface area contributed by atoms with Crippen molar-refractivity contribution in [2.45, 2.75) is 13.8 Å². The van der Waals surface area contributed by atoms with Gasteiger partial charge in [-0.15, -0.1) is 6.58 Å². The first kappa shape index (κ1) is 22.1. The second-order valence-corrected chi connectivity index (χ2v) is 10.0. The molecule has 0 radical (unpaired) electrons. The van der Waals surface area contributed by atoms with Crippen molar-refractivity contribution in [2.24, 2.45) is 17.3 Å². The van der Waals surface area contributed by atoms with Crippen molar-refractivity contribution in [1.82, 2.24) is 4.90 Å². The molecule has 1 aliphatic carbocycles. The second-order valence-electron chi connectivity index (χ2n) is 7.35. The lowest BCUT2D eigenvalue weighted by Gasteiger charge is -2.10. The van der Waals surface area contributed by atoms with Crippen molar-refractivity contribution >= 4 is 69.5 Å². The summed E-state index contributed by atoms with van der Waals surface area (Å²) in [6.07, 6.45) is 5.08. The first-order chi connectivity index (χ1) is 13.6. The number of ether oxygens (including phenoxy) is 1. The number of allylic oxidation sites excluding steroid dienone is 1. The number of carbonyl (C=O) groups is 2. The van der Waals surface area contributed by atoms with Crippen molar-refractivity contribution in [3.63, 3.8) is 0 Å². The number of halogens is 2. The summed E-state index contributed by atoms with van der Waals surface area (Å²) >= 11 is 17.9. The number of hydrogen-bond acceptors (Lipinski definition) is 5. The summed E-state index contributed by atoms with van der Waals surface area (Å²) in [6, 6.07) is 6.97. The van der Waals surface area contributed by atoms with Crippen molar-refractivity contribution in [2.75, 3.05) is 6.54 Å². The molecule has 3 rings (SSSR count). The SMILES string of the molecule is C=CCN1C(=O)C(=Cc2ccc(OC(=O)C3C(C=C(Cl)Cl)C3(C)C)cc2)SC1=S. The average Bonchev–Trinajstić information content (AvgIpc) is 3.07. The van der Waals surface area contributed by atoms with Crippen LogP contribution in [0.3, 0.4) is 0 Å². The van der Waals surface area contributed by atoms with Gasteiger partial charge in [-0.2, -0.15) is 0 Å². The van der Waals surface area contributed by atoms with Crippen LogP contribution < -0.4 is 4.74 Å². The van der Waals surface area contributed by atoms with Gasteiger partial charge in [0.25, 0.3) is 5.91 Å². The minimum absolute atomic E-state index is 0.0447. The molecule has 152 valence electrons. The molecule has 1 amide bonds. The molecule has 1 aromatic carbocycles. The van der Waals surface area contributed by atoms with Gasteiger partial charge in [0.05, 0.1) is 10.8 Å². The number of thioether (sulfide) groups is 1. The van der Waals surface area contributed by atoms with E-state index in [0.29, 0.717) is 21.5 Å². The highest BCUT2D eigenvalue weighted by atomic mass is 35.5. The molecule has 1 aromatic rings. The number of benzene rings is 1. The van der Waals surface area contributed by atoms with Crippen LogP contribution in [0.5, 0.6) is 5.75 Å². The Balaban J connectivity index is 1.66. The van der Waals surface area contributed by atoms with E-state index in [1.165, 1.54) is 16.7 Å². The molecule has 8 heteroatoms. The highest BCUT2D eigenvalue weighted by Gasteiger charge is 2.61. The highest BCUT2D eigenvalue weighted by Crippen LogP contribution is 2.60. The van der Waals surface area contributed by atoms with E-state index in [1.54, 1.807) is 42.5 Å². The quantitative estimate of drug-likeness (QED) is 0.180. The number of amides is 1. The van der Waals surface area contributed by atoms with Crippen LogP contribution in [0.1, 0.15) is 19.4 Å². The Kier molecular flexibility index (Phi) is 6.58. The van der Waals surface area contributed by atoms with Gasteiger partial charge in [-0.05, 0) is 41.2 Å². The third kappa shape index (κ3) is 4.77. The van der Waals surface area contributed by atoms with Gasteiger partial charge in [-0.3, -0.25) is 14.5 Å². The summed E-state index contributed by atoms with van der Waals surface area (Å²) in [5.74, 6) is -0.348. The molecule has 1 aliphatic heterocycles. The van der Waals surface area contributed by atoms with Gasteiger partial charge in [-0.1, -0.05) is 79.2 Å².